The maximum atomic E-state index is 12.8. The van der Waals surface area contributed by atoms with Crippen molar-refractivity contribution in [2.75, 3.05) is 26.0 Å². The maximum Gasteiger partial charge on any atom is 0.295 e. The fourth-order valence-electron chi connectivity index (χ4n) is 3.53. The number of H-pyrrole nitrogens is 1. The van der Waals surface area contributed by atoms with Crippen molar-refractivity contribution >= 4 is 28.3 Å². The number of likely N-dealkylation sites (N-methyl/N-ethyl adjacent to an activating group) is 1. The second kappa shape index (κ2) is 8.91. The van der Waals surface area contributed by atoms with E-state index < -0.39 is 5.56 Å². The Bertz CT molecular complexity index is 1210. The standard InChI is InChI=1S/C23H25ClN6O/c1-4-15-9-11-16(12-10-15)20(29(2)3)14-25-19-13-26-30(22(31)21(19)24)23-27-17-7-5-6-8-18(17)28-23/h5-13,20,25H,4,14H2,1-3H3,(H,27,28). The molecule has 2 aromatic carbocycles. The number of anilines is 1. The molecule has 8 heteroatoms. The Balaban J connectivity index is 1.57. The predicted octanol–water partition coefficient (Wildman–Crippen LogP) is 4.04. The molecule has 4 rings (SSSR count). The second-order valence-corrected chi connectivity index (χ2v) is 8.00. The molecule has 1 unspecified atom stereocenters. The SMILES string of the molecule is CCc1ccc(C(CNc2cnn(-c3nc4ccccc4[nH]3)c(=O)c2Cl)N(C)C)cc1. The second-order valence-electron chi connectivity index (χ2n) is 7.62. The first-order chi connectivity index (χ1) is 15.0. The molecule has 0 aliphatic heterocycles. The summed E-state index contributed by atoms with van der Waals surface area (Å²) >= 11 is 6.40. The average molecular weight is 437 g/mol. The molecule has 0 aliphatic rings. The van der Waals surface area contributed by atoms with Crippen LogP contribution >= 0.6 is 11.6 Å². The summed E-state index contributed by atoms with van der Waals surface area (Å²) < 4.78 is 1.18. The molecular formula is C23H25ClN6O. The lowest BCUT2D eigenvalue weighted by Gasteiger charge is -2.26. The largest absolute Gasteiger partial charge is 0.380 e. The van der Waals surface area contributed by atoms with Crippen LogP contribution in [-0.4, -0.2) is 45.3 Å². The summed E-state index contributed by atoms with van der Waals surface area (Å²) in [6.45, 7) is 2.72. The molecule has 0 amide bonds. The maximum absolute atomic E-state index is 12.8. The smallest absolute Gasteiger partial charge is 0.295 e. The van der Waals surface area contributed by atoms with Crippen molar-refractivity contribution in [2.24, 2.45) is 0 Å². The molecule has 0 spiro atoms. The highest BCUT2D eigenvalue weighted by Crippen LogP contribution is 2.22. The zero-order valence-corrected chi connectivity index (χ0v) is 18.5. The summed E-state index contributed by atoms with van der Waals surface area (Å²) in [4.78, 5) is 22.5. The van der Waals surface area contributed by atoms with Gasteiger partial charge in [0.15, 0.2) is 0 Å². The summed E-state index contributed by atoms with van der Waals surface area (Å²) in [5.74, 6) is 0.335. The lowest BCUT2D eigenvalue weighted by molar-refractivity contribution is 0.312. The zero-order chi connectivity index (χ0) is 22.0. The highest BCUT2D eigenvalue weighted by Gasteiger charge is 2.17. The van der Waals surface area contributed by atoms with E-state index in [4.69, 9.17) is 11.6 Å². The topological polar surface area (TPSA) is 78.8 Å². The number of fused-ring (bicyclic) bond motifs is 1. The van der Waals surface area contributed by atoms with E-state index >= 15 is 0 Å². The molecule has 0 saturated heterocycles. The van der Waals surface area contributed by atoms with Crippen LogP contribution < -0.4 is 10.9 Å². The van der Waals surface area contributed by atoms with Crippen LogP contribution in [0.4, 0.5) is 5.69 Å². The first-order valence-corrected chi connectivity index (χ1v) is 10.6. The lowest BCUT2D eigenvalue weighted by Crippen LogP contribution is -2.28. The Hall–Kier alpha value is -3.16. The zero-order valence-electron chi connectivity index (χ0n) is 17.8. The number of imidazole rings is 1. The van der Waals surface area contributed by atoms with Crippen LogP contribution in [0.2, 0.25) is 5.02 Å². The first kappa shape index (κ1) is 21.1. The minimum atomic E-state index is -0.431. The number of nitrogens with zero attached hydrogens (tertiary/aromatic N) is 4. The molecule has 0 bridgehead atoms. The third-order valence-electron chi connectivity index (χ3n) is 5.38. The summed E-state index contributed by atoms with van der Waals surface area (Å²) in [7, 11) is 4.05. The van der Waals surface area contributed by atoms with Crippen LogP contribution in [0.5, 0.6) is 0 Å². The average Bonchev–Trinajstić information content (AvgIpc) is 3.21. The van der Waals surface area contributed by atoms with Crippen LogP contribution in [-0.2, 0) is 6.42 Å². The van der Waals surface area contributed by atoms with Gasteiger partial charge in [0.2, 0.25) is 5.95 Å². The molecule has 0 fully saturated rings. The number of halogens is 1. The Morgan fingerprint density at radius 1 is 1.16 bits per heavy atom. The van der Waals surface area contributed by atoms with Crippen molar-refractivity contribution in [1.29, 1.82) is 0 Å². The molecule has 160 valence electrons. The molecule has 0 aliphatic carbocycles. The Kier molecular flexibility index (Phi) is 6.06. The van der Waals surface area contributed by atoms with Crippen molar-refractivity contribution in [2.45, 2.75) is 19.4 Å². The van der Waals surface area contributed by atoms with Gasteiger partial charge in [0.25, 0.3) is 5.56 Å². The monoisotopic (exact) mass is 436 g/mol. The van der Waals surface area contributed by atoms with Gasteiger partial charge in [-0.1, -0.05) is 54.9 Å². The number of aromatic amines is 1. The highest BCUT2D eigenvalue weighted by molar-refractivity contribution is 6.32. The lowest BCUT2D eigenvalue weighted by atomic mass is 10.0. The summed E-state index contributed by atoms with van der Waals surface area (Å²) in [6.07, 6.45) is 2.57. The van der Waals surface area contributed by atoms with Crippen molar-refractivity contribution in [3.63, 3.8) is 0 Å². The molecule has 0 saturated carbocycles. The Labute approximate surface area is 185 Å². The summed E-state index contributed by atoms with van der Waals surface area (Å²) in [5, 5.41) is 7.64. The first-order valence-electron chi connectivity index (χ1n) is 10.2. The van der Waals surface area contributed by atoms with Crippen LogP contribution in [0, 0.1) is 0 Å². The van der Waals surface area contributed by atoms with Gasteiger partial charge in [-0.3, -0.25) is 4.79 Å². The van der Waals surface area contributed by atoms with Crippen molar-refractivity contribution in [1.82, 2.24) is 24.6 Å². The molecule has 1 atom stereocenters. The Morgan fingerprint density at radius 2 is 1.90 bits per heavy atom. The number of rotatable bonds is 7. The van der Waals surface area contributed by atoms with Gasteiger partial charge in [-0.15, -0.1) is 0 Å². The van der Waals surface area contributed by atoms with Crippen molar-refractivity contribution in [3.05, 3.63) is 81.2 Å². The van der Waals surface area contributed by atoms with E-state index in [1.54, 1.807) is 6.20 Å². The number of aromatic nitrogens is 4. The predicted molar refractivity (Wildman–Crippen MR) is 125 cm³/mol. The molecule has 2 aromatic heterocycles. The van der Waals surface area contributed by atoms with E-state index in [9.17, 15) is 4.79 Å². The van der Waals surface area contributed by atoms with E-state index in [0.29, 0.717) is 18.2 Å². The minimum Gasteiger partial charge on any atom is -0.380 e. The normalized spacial score (nSPS) is 12.4. The molecule has 7 nitrogen and oxygen atoms in total. The quantitative estimate of drug-likeness (QED) is 0.457. The van der Waals surface area contributed by atoms with Gasteiger partial charge in [-0.2, -0.15) is 9.78 Å². The van der Waals surface area contributed by atoms with Crippen LogP contribution in [0.25, 0.3) is 17.0 Å². The molecule has 2 N–H and O–H groups in total. The number of hydrogen-bond acceptors (Lipinski definition) is 5. The van der Waals surface area contributed by atoms with Crippen molar-refractivity contribution in [3.8, 4) is 5.95 Å². The van der Waals surface area contributed by atoms with E-state index in [0.717, 1.165) is 17.5 Å². The van der Waals surface area contributed by atoms with E-state index in [1.165, 1.54) is 15.8 Å². The van der Waals surface area contributed by atoms with Gasteiger partial charge in [-0.25, -0.2) is 4.98 Å². The highest BCUT2D eigenvalue weighted by atomic mass is 35.5. The number of nitrogens with one attached hydrogen (secondary N) is 2. The molecular weight excluding hydrogens is 412 g/mol. The van der Waals surface area contributed by atoms with Gasteiger partial charge in [0.05, 0.1) is 29.0 Å². The molecule has 4 aromatic rings. The van der Waals surface area contributed by atoms with Crippen LogP contribution in [0.1, 0.15) is 24.1 Å². The number of benzene rings is 2. The van der Waals surface area contributed by atoms with Crippen LogP contribution in [0.3, 0.4) is 0 Å². The van der Waals surface area contributed by atoms with Gasteiger partial charge in [0.1, 0.15) is 5.02 Å². The number of hydrogen-bond donors (Lipinski definition) is 2. The van der Waals surface area contributed by atoms with Gasteiger partial charge < -0.3 is 15.2 Å². The van der Waals surface area contributed by atoms with E-state index in [2.05, 4.69) is 56.5 Å². The van der Waals surface area contributed by atoms with E-state index in [-0.39, 0.29) is 11.1 Å². The van der Waals surface area contributed by atoms with E-state index in [1.807, 2.05) is 38.4 Å². The molecule has 0 radical (unpaired) electrons. The van der Waals surface area contributed by atoms with Crippen molar-refractivity contribution < 1.29 is 0 Å². The summed E-state index contributed by atoms with van der Waals surface area (Å²) in [6, 6.07) is 16.2. The van der Waals surface area contributed by atoms with Gasteiger partial charge in [-0.05, 0) is 43.8 Å². The third-order valence-corrected chi connectivity index (χ3v) is 5.74. The minimum absolute atomic E-state index is 0.0780. The third kappa shape index (κ3) is 4.33. The van der Waals surface area contributed by atoms with Gasteiger partial charge in [0, 0.05) is 6.54 Å². The van der Waals surface area contributed by atoms with Crippen LogP contribution in [0.15, 0.2) is 59.5 Å². The fraction of sp³-hybridized carbons (Fsp3) is 0.261. The summed E-state index contributed by atoms with van der Waals surface area (Å²) in [5.41, 5.74) is 4.14. The Morgan fingerprint density at radius 3 is 2.58 bits per heavy atom. The molecule has 31 heavy (non-hydrogen) atoms. The number of aryl methyl sites for hydroxylation is 1. The number of para-hydroxylation sites is 2. The molecule has 2 heterocycles. The van der Waals surface area contributed by atoms with Gasteiger partial charge >= 0.3 is 0 Å². The fourth-order valence-corrected chi connectivity index (χ4v) is 3.72.